The number of nitrogen functional groups attached to an aromatic ring is 1. The van der Waals surface area contributed by atoms with Crippen LogP contribution in [0.5, 0.6) is 11.5 Å². The predicted octanol–water partition coefficient (Wildman–Crippen LogP) is 2.93. The van der Waals surface area contributed by atoms with Crippen molar-refractivity contribution in [3.8, 4) is 11.5 Å². The molecule has 0 aliphatic carbocycles. The Morgan fingerprint density at radius 1 is 1.24 bits per heavy atom. The van der Waals surface area contributed by atoms with Gasteiger partial charge in [-0.25, -0.2) is 0 Å². The third-order valence-electron chi connectivity index (χ3n) is 2.90. The van der Waals surface area contributed by atoms with Gasteiger partial charge in [-0.15, -0.1) is 0 Å². The lowest BCUT2D eigenvalue weighted by Gasteiger charge is -2.10. The third kappa shape index (κ3) is 3.66. The number of hydrogen-bond acceptors (Lipinski definition) is 4. The highest BCUT2D eigenvalue weighted by Gasteiger charge is 2.09. The van der Waals surface area contributed by atoms with E-state index in [4.69, 9.17) is 15.2 Å². The Balaban J connectivity index is 2.14. The topological polar surface area (TPSA) is 73.6 Å². The quantitative estimate of drug-likeness (QED) is 0.829. The molecule has 0 aliphatic heterocycles. The van der Waals surface area contributed by atoms with Crippen molar-refractivity contribution in [1.29, 1.82) is 0 Å². The second-order valence-corrected chi connectivity index (χ2v) is 4.37. The standard InChI is InChI=1S/C16H18N2O3/c1-3-21-15-8-7-11(9-14(15)17)16(19)18-12-5-4-6-13(10-12)20-2/h4-10H,3,17H2,1-2H3,(H,18,19). The SMILES string of the molecule is CCOc1ccc(C(=O)Nc2cccc(OC)c2)cc1N. The maximum atomic E-state index is 12.2. The average Bonchev–Trinajstić information content (AvgIpc) is 2.49. The highest BCUT2D eigenvalue weighted by Crippen LogP contribution is 2.23. The van der Waals surface area contributed by atoms with Gasteiger partial charge in [-0.2, -0.15) is 0 Å². The maximum absolute atomic E-state index is 12.2. The molecule has 0 aromatic heterocycles. The van der Waals surface area contributed by atoms with E-state index in [1.54, 1.807) is 43.5 Å². The summed E-state index contributed by atoms with van der Waals surface area (Å²) in [6.07, 6.45) is 0. The molecule has 1 amide bonds. The fraction of sp³-hybridized carbons (Fsp3) is 0.188. The Morgan fingerprint density at radius 3 is 2.71 bits per heavy atom. The minimum atomic E-state index is -0.238. The molecule has 0 bridgehead atoms. The van der Waals surface area contributed by atoms with Crippen LogP contribution in [0.3, 0.4) is 0 Å². The van der Waals surface area contributed by atoms with Gasteiger partial charge < -0.3 is 20.5 Å². The Morgan fingerprint density at radius 2 is 2.05 bits per heavy atom. The lowest BCUT2D eigenvalue weighted by molar-refractivity contribution is 0.102. The van der Waals surface area contributed by atoms with Crippen LogP contribution in [-0.2, 0) is 0 Å². The van der Waals surface area contributed by atoms with Crippen molar-refractivity contribution in [3.63, 3.8) is 0 Å². The van der Waals surface area contributed by atoms with Crippen LogP contribution >= 0.6 is 0 Å². The third-order valence-corrected chi connectivity index (χ3v) is 2.90. The second kappa shape index (κ2) is 6.65. The fourth-order valence-corrected chi connectivity index (χ4v) is 1.88. The largest absolute Gasteiger partial charge is 0.497 e. The van der Waals surface area contributed by atoms with E-state index in [9.17, 15) is 4.79 Å². The van der Waals surface area contributed by atoms with Crippen molar-refractivity contribution in [3.05, 3.63) is 48.0 Å². The van der Waals surface area contributed by atoms with Gasteiger partial charge in [0.05, 0.1) is 19.4 Å². The summed E-state index contributed by atoms with van der Waals surface area (Å²) in [5.41, 5.74) is 7.43. The number of benzene rings is 2. The molecule has 110 valence electrons. The first-order valence-electron chi connectivity index (χ1n) is 6.61. The van der Waals surface area contributed by atoms with Gasteiger partial charge in [-0.1, -0.05) is 6.07 Å². The van der Waals surface area contributed by atoms with Gasteiger partial charge in [0, 0.05) is 17.3 Å². The zero-order valence-electron chi connectivity index (χ0n) is 12.1. The van der Waals surface area contributed by atoms with Gasteiger partial charge in [0.2, 0.25) is 0 Å². The van der Waals surface area contributed by atoms with E-state index in [2.05, 4.69) is 5.32 Å². The molecule has 2 aromatic rings. The summed E-state index contributed by atoms with van der Waals surface area (Å²) in [5.74, 6) is 1.02. The highest BCUT2D eigenvalue weighted by atomic mass is 16.5. The number of amides is 1. The summed E-state index contributed by atoms with van der Waals surface area (Å²) in [6.45, 7) is 2.41. The van der Waals surface area contributed by atoms with Crippen molar-refractivity contribution in [2.45, 2.75) is 6.92 Å². The van der Waals surface area contributed by atoms with Crippen LogP contribution in [0.25, 0.3) is 0 Å². The van der Waals surface area contributed by atoms with E-state index in [0.717, 1.165) is 0 Å². The number of carbonyl (C=O) groups excluding carboxylic acids is 1. The molecule has 0 spiro atoms. The molecule has 0 saturated carbocycles. The van der Waals surface area contributed by atoms with Gasteiger partial charge in [0.1, 0.15) is 11.5 Å². The molecular formula is C16H18N2O3. The minimum absolute atomic E-state index is 0.238. The zero-order valence-corrected chi connectivity index (χ0v) is 12.1. The van der Waals surface area contributed by atoms with Crippen LogP contribution in [0.15, 0.2) is 42.5 Å². The summed E-state index contributed by atoms with van der Waals surface area (Å²) in [6, 6.07) is 12.1. The molecule has 0 unspecified atom stereocenters. The van der Waals surface area contributed by atoms with E-state index >= 15 is 0 Å². The predicted molar refractivity (Wildman–Crippen MR) is 83.0 cm³/mol. The maximum Gasteiger partial charge on any atom is 0.255 e. The number of carbonyl (C=O) groups is 1. The first-order valence-corrected chi connectivity index (χ1v) is 6.61. The summed E-state index contributed by atoms with van der Waals surface area (Å²) in [5, 5.41) is 2.80. The monoisotopic (exact) mass is 286 g/mol. The van der Waals surface area contributed by atoms with Gasteiger partial charge in [0.15, 0.2) is 0 Å². The van der Waals surface area contributed by atoms with Gasteiger partial charge in [-0.05, 0) is 37.3 Å². The first kappa shape index (κ1) is 14.7. The number of methoxy groups -OCH3 is 1. The van der Waals surface area contributed by atoms with Gasteiger partial charge in [-0.3, -0.25) is 4.79 Å². The van der Waals surface area contributed by atoms with Crippen molar-refractivity contribution in [2.24, 2.45) is 0 Å². The molecule has 5 heteroatoms. The number of rotatable bonds is 5. The van der Waals surface area contributed by atoms with Crippen LogP contribution in [-0.4, -0.2) is 19.6 Å². The Labute approximate surface area is 123 Å². The molecule has 0 radical (unpaired) electrons. The lowest BCUT2D eigenvalue weighted by Crippen LogP contribution is -2.12. The Hall–Kier alpha value is -2.69. The first-order chi connectivity index (χ1) is 10.1. The van der Waals surface area contributed by atoms with Crippen LogP contribution in [0.2, 0.25) is 0 Å². The average molecular weight is 286 g/mol. The van der Waals surface area contributed by atoms with E-state index < -0.39 is 0 Å². The number of hydrogen-bond donors (Lipinski definition) is 2. The molecule has 0 fully saturated rings. The Bertz CT molecular complexity index is 641. The van der Waals surface area contributed by atoms with Crippen molar-refractivity contribution in [1.82, 2.24) is 0 Å². The molecule has 3 N–H and O–H groups in total. The lowest BCUT2D eigenvalue weighted by atomic mass is 10.1. The molecular weight excluding hydrogens is 268 g/mol. The van der Waals surface area contributed by atoms with Gasteiger partial charge in [0.25, 0.3) is 5.91 Å². The summed E-state index contributed by atoms with van der Waals surface area (Å²) >= 11 is 0. The molecule has 21 heavy (non-hydrogen) atoms. The second-order valence-electron chi connectivity index (χ2n) is 4.37. The van der Waals surface area contributed by atoms with Crippen LogP contribution in [0.4, 0.5) is 11.4 Å². The highest BCUT2D eigenvalue weighted by molar-refractivity contribution is 6.05. The van der Waals surface area contributed by atoms with Crippen molar-refractivity contribution >= 4 is 17.3 Å². The molecule has 5 nitrogen and oxygen atoms in total. The molecule has 0 saturated heterocycles. The fourth-order valence-electron chi connectivity index (χ4n) is 1.88. The van der Waals surface area contributed by atoms with Crippen molar-refractivity contribution < 1.29 is 14.3 Å². The number of ether oxygens (including phenoxy) is 2. The number of nitrogens with two attached hydrogens (primary N) is 1. The molecule has 2 aromatic carbocycles. The normalized spacial score (nSPS) is 10.0. The van der Waals surface area contributed by atoms with Crippen molar-refractivity contribution in [2.75, 3.05) is 24.8 Å². The van der Waals surface area contributed by atoms with Gasteiger partial charge >= 0.3 is 0 Å². The van der Waals surface area contributed by atoms with E-state index in [0.29, 0.717) is 35.0 Å². The van der Waals surface area contributed by atoms with Crippen LogP contribution in [0.1, 0.15) is 17.3 Å². The molecule has 0 atom stereocenters. The number of nitrogens with one attached hydrogen (secondary N) is 1. The van der Waals surface area contributed by atoms with E-state index in [1.807, 2.05) is 13.0 Å². The molecule has 2 rings (SSSR count). The number of anilines is 2. The smallest absolute Gasteiger partial charge is 0.255 e. The minimum Gasteiger partial charge on any atom is -0.497 e. The Kier molecular flexibility index (Phi) is 4.66. The summed E-state index contributed by atoms with van der Waals surface area (Å²) < 4.78 is 10.5. The molecule has 0 heterocycles. The summed E-state index contributed by atoms with van der Waals surface area (Å²) in [7, 11) is 1.58. The molecule has 0 aliphatic rings. The van der Waals surface area contributed by atoms with Crippen LogP contribution in [0, 0.1) is 0 Å². The zero-order chi connectivity index (χ0) is 15.2. The van der Waals surface area contributed by atoms with E-state index in [-0.39, 0.29) is 5.91 Å². The summed E-state index contributed by atoms with van der Waals surface area (Å²) in [4.78, 5) is 12.2. The van der Waals surface area contributed by atoms with E-state index in [1.165, 1.54) is 0 Å². The van der Waals surface area contributed by atoms with Crippen LogP contribution < -0.4 is 20.5 Å².